The van der Waals surface area contributed by atoms with Gasteiger partial charge in [-0.15, -0.1) is 0 Å². The molecule has 0 bridgehead atoms. The van der Waals surface area contributed by atoms with Crippen molar-refractivity contribution in [2.45, 2.75) is 12.8 Å². The molecule has 2 aromatic carbocycles. The summed E-state index contributed by atoms with van der Waals surface area (Å²) in [7, 11) is 0. The maximum absolute atomic E-state index is 14.4. The molecule has 1 aliphatic heterocycles. The smallest absolute Gasteiger partial charge is 0.266 e. The van der Waals surface area contributed by atoms with Gasteiger partial charge in [-0.2, -0.15) is 5.26 Å². The second-order valence-corrected chi connectivity index (χ2v) is 6.04. The second-order valence-electron chi connectivity index (χ2n) is 6.04. The first-order valence-corrected chi connectivity index (χ1v) is 8.30. The zero-order valence-corrected chi connectivity index (χ0v) is 14.0. The highest BCUT2D eigenvalue weighted by Crippen LogP contribution is 2.25. The van der Waals surface area contributed by atoms with Crippen LogP contribution in [0.25, 0.3) is 6.08 Å². The van der Waals surface area contributed by atoms with Crippen molar-refractivity contribution in [3.8, 4) is 6.07 Å². The molecule has 1 fully saturated rings. The van der Waals surface area contributed by atoms with Crippen molar-refractivity contribution in [2.24, 2.45) is 0 Å². The Morgan fingerprint density at radius 3 is 2.42 bits per heavy atom. The summed E-state index contributed by atoms with van der Waals surface area (Å²) in [5.74, 6) is -1.44. The average molecular weight is 353 g/mol. The van der Waals surface area contributed by atoms with Crippen LogP contribution in [0.2, 0.25) is 0 Å². The third kappa shape index (κ3) is 4.06. The number of amides is 1. The highest BCUT2D eigenvalue weighted by atomic mass is 19.1. The fourth-order valence-electron chi connectivity index (χ4n) is 2.87. The number of hydrogen-bond acceptors (Lipinski definition) is 3. The summed E-state index contributed by atoms with van der Waals surface area (Å²) in [5, 5.41) is 11.7. The van der Waals surface area contributed by atoms with Crippen molar-refractivity contribution >= 4 is 23.4 Å². The van der Waals surface area contributed by atoms with Crippen LogP contribution in [0.3, 0.4) is 0 Å². The molecule has 0 atom stereocenters. The number of nitrogens with zero attached hydrogens (tertiary/aromatic N) is 2. The van der Waals surface area contributed by atoms with Gasteiger partial charge in [0.15, 0.2) is 0 Å². The first-order valence-electron chi connectivity index (χ1n) is 8.30. The molecule has 1 saturated heterocycles. The van der Waals surface area contributed by atoms with E-state index in [4.69, 9.17) is 0 Å². The van der Waals surface area contributed by atoms with E-state index in [1.807, 2.05) is 11.0 Å². The van der Waals surface area contributed by atoms with E-state index in [0.29, 0.717) is 16.9 Å². The lowest BCUT2D eigenvalue weighted by Crippen LogP contribution is -2.18. The predicted molar refractivity (Wildman–Crippen MR) is 96.5 cm³/mol. The maximum atomic E-state index is 14.4. The number of nitrogens with one attached hydrogen (secondary N) is 1. The Balaban J connectivity index is 1.77. The number of rotatable bonds is 4. The van der Waals surface area contributed by atoms with Crippen LogP contribution < -0.4 is 10.2 Å². The number of hydrogen-bond donors (Lipinski definition) is 1. The number of halogens is 2. The molecule has 3 rings (SSSR count). The molecule has 132 valence electrons. The third-order valence-electron chi connectivity index (χ3n) is 4.20. The number of benzene rings is 2. The van der Waals surface area contributed by atoms with Gasteiger partial charge in [0.1, 0.15) is 23.3 Å². The normalized spacial score (nSPS) is 14.2. The molecule has 26 heavy (non-hydrogen) atoms. The van der Waals surface area contributed by atoms with Crippen LogP contribution in [0.1, 0.15) is 18.4 Å². The van der Waals surface area contributed by atoms with Crippen LogP contribution >= 0.6 is 0 Å². The van der Waals surface area contributed by atoms with Crippen LogP contribution in [-0.2, 0) is 4.79 Å². The topological polar surface area (TPSA) is 56.1 Å². The molecule has 0 radical (unpaired) electrons. The fraction of sp³-hybridized carbons (Fsp3) is 0.200. The summed E-state index contributed by atoms with van der Waals surface area (Å²) in [6.07, 6.45) is 3.42. The van der Waals surface area contributed by atoms with Gasteiger partial charge >= 0.3 is 0 Å². The molecular weight excluding hydrogens is 336 g/mol. The van der Waals surface area contributed by atoms with Gasteiger partial charge in [-0.05, 0) is 60.9 Å². The van der Waals surface area contributed by atoms with Crippen molar-refractivity contribution in [1.29, 1.82) is 5.26 Å². The number of anilines is 2. The Morgan fingerprint density at radius 1 is 1.12 bits per heavy atom. The lowest BCUT2D eigenvalue weighted by atomic mass is 10.1. The zero-order valence-electron chi connectivity index (χ0n) is 14.0. The van der Waals surface area contributed by atoms with E-state index in [0.717, 1.165) is 25.9 Å². The van der Waals surface area contributed by atoms with Gasteiger partial charge in [-0.1, -0.05) is 6.07 Å². The summed E-state index contributed by atoms with van der Waals surface area (Å²) in [6.45, 7) is 1.66. The van der Waals surface area contributed by atoms with E-state index in [1.165, 1.54) is 36.4 Å². The maximum Gasteiger partial charge on any atom is 0.266 e. The molecule has 1 N–H and O–H groups in total. The molecule has 1 aliphatic rings. The highest BCUT2D eigenvalue weighted by Gasteiger charge is 2.16. The number of nitriles is 1. The molecule has 2 aromatic rings. The zero-order chi connectivity index (χ0) is 18.5. The molecule has 1 heterocycles. The monoisotopic (exact) mass is 353 g/mol. The van der Waals surface area contributed by atoms with Crippen molar-refractivity contribution in [3.63, 3.8) is 0 Å². The molecule has 1 amide bonds. The van der Waals surface area contributed by atoms with Crippen LogP contribution in [0, 0.1) is 23.0 Å². The van der Waals surface area contributed by atoms with Gasteiger partial charge in [-0.3, -0.25) is 4.79 Å². The molecule has 0 aliphatic carbocycles. The molecule has 0 saturated carbocycles. The average Bonchev–Trinajstić information content (AvgIpc) is 3.16. The van der Waals surface area contributed by atoms with Crippen LogP contribution in [0.5, 0.6) is 0 Å². The second kappa shape index (κ2) is 7.79. The minimum Gasteiger partial charge on any atom is -0.369 e. The van der Waals surface area contributed by atoms with Crippen LogP contribution in [-0.4, -0.2) is 19.0 Å². The van der Waals surface area contributed by atoms with Crippen LogP contribution in [0.4, 0.5) is 20.2 Å². The minimum atomic E-state index is -0.636. The van der Waals surface area contributed by atoms with Crippen LogP contribution in [0.15, 0.2) is 48.0 Å². The van der Waals surface area contributed by atoms with Gasteiger partial charge in [-0.25, -0.2) is 8.78 Å². The van der Waals surface area contributed by atoms with Crippen molar-refractivity contribution in [3.05, 3.63) is 65.2 Å². The van der Waals surface area contributed by atoms with E-state index >= 15 is 0 Å². The summed E-state index contributed by atoms with van der Waals surface area (Å²) >= 11 is 0. The number of carbonyl (C=O) groups excluding carboxylic acids is 1. The minimum absolute atomic E-state index is 0.164. The van der Waals surface area contributed by atoms with E-state index in [-0.39, 0.29) is 11.4 Å². The Labute approximate surface area is 150 Å². The largest absolute Gasteiger partial charge is 0.369 e. The Bertz CT molecular complexity index is 879. The van der Waals surface area contributed by atoms with E-state index in [2.05, 4.69) is 5.32 Å². The molecule has 4 nitrogen and oxygen atoms in total. The van der Waals surface area contributed by atoms with Crippen molar-refractivity contribution in [2.75, 3.05) is 23.3 Å². The summed E-state index contributed by atoms with van der Waals surface area (Å²) < 4.78 is 27.3. The summed E-state index contributed by atoms with van der Waals surface area (Å²) in [5.41, 5.74) is 1.17. The van der Waals surface area contributed by atoms with Gasteiger partial charge in [0.2, 0.25) is 0 Å². The van der Waals surface area contributed by atoms with Gasteiger partial charge in [0, 0.05) is 18.8 Å². The Hall–Kier alpha value is -3.20. The van der Waals surface area contributed by atoms with E-state index < -0.39 is 11.7 Å². The molecule has 0 spiro atoms. The summed E-state index contributed by atoms with van der Waals surface area (Å²) in [4.78, 5) is 14.2. The molecular formula is C20H17F2N3O. The molecule has 0 unspecified atom stereocenters. The fourth-order valence-corrected chi connectivity index (χ4v) is 2.87. The van der Waals surface area contributed by atoms with Gasteiger partial charge in [0.25, 0.3) is 5.91 Å². The third-order valence-corrected chi connectivity index (χ3v) is 4.20. The summed E-state index contributed by atoms with van der Waals surface area (Å²) in [6, 6.07) is 11.7. The first-order chi connectivity index (χ1) is 12.6. The molecule has 6 heteroatoms. The quantitative estimate of drug-likeness (QED) is 0.665. The SMILES string of the molecule is N#C/C(=C/c1ccc(N2CCCC2)c(F)c1)C(=O)Nc1ccc(F)cc1. The number of carbonyl (C=O) groups is 1. The lowest BCUT2D eigenvalue weighted by Gasteiger charge is -2.18. The van der Waals surface area contributed by atoms with Crippen molar-refractivity contribution < 1.29 is 13.6 Å². The highest BCUT2D eigenvalue weighted by molar-refractivity contribution is 6.09. The molecule has 0 aromatic heterocycles. The van der Waals surface area contributed by atoms with Gasteiger partial charge < -0.3 is 10.2 Å². The van der Waals surface area contributed by atoms with E-state index in [1.54, 1.807) is 12.1 Å². The Morgan fingerprint density at radius 2 is 1.81 bits per heavy atom. The van der Waals surface area contributed by atoms with E-state index in [9.17, 15) is 18.8 Å². The standard InChI is InChI=1S/C20H17F2N3O/c21-16-4-6-17(7-5-16)24-20(26)15(13-23)11-14-3-8-19(18(22)12-14)25-9-1-2-10-25/h3-8,11-12H,1-2,9-10H2,(H,24,26)/b15-11-. The lowest BCUT2D eigenvalue weighted by molar-refractivity contribution is -0.112. The Kier molecular flexibility index (Phi) is 5.28. The van der Waals surface area contributed by atoms with Gasteiger partial charge in [0.05, 0.1) is 5.69 Å². The first kappa shape index (κ1) is 17.6. The predicted octanol–water partition coefficient (Wildman–Crippen LogP) is 4.11. The van der Waals surface area contributed by atoms with Crippen molar-refractivity contribution in [1.82, 2.24) is 0 Å².